The van der Waals surface area contributed by atoms with Crippen molar-refractivity contribution in [1.29, 1.82) is 0 Å². The third kappa shape index (κ3) is 3.84. The Balaban J connectivity index is 1.72. The fraction of sp³-hybridized carbons (Fsp3) is 0.769. The first kappa shape index (κ1) is 16.3. The first-order valence-electron chi connectivity index (χ1n) is 7.24. The van der Waals surface area contributed by atoms with E-state index in [4.69, 9.17) is 9.47 Å². The minimum absolute atomic E-state index is 0.347. The van der Waals surface area contributed by atoms with E-state index in [0.717, 1.165) is 18.1 Å². The fourth-order valence-corrected chi connectivity index (χ4v) is 4.45. The van der Waals surface area contributed by atoms with Crippen molar-refractivity contribution in [3.63, 3.8) is 0 Å². The molecule has 1 aromatic heterocycles. The van der Waals surface area contributed by atoms with E-state index >= 15 is 0 Å². The van der Waals surface area contributed by atoms with Gasteiger partial charge in [-0.1, -0.05) is 0 Å². The van der Waals surface area contributed by atoms with E-state index in [1.165, 1.54) is 10.6 Å². The zero-order valence-electron chi connectivity index (χ0n) is 12.6. The Morgan fingerprint density at radius 3 is 2.95 bits per heavy atom. The summed E-state index contributed by atoms with van der Waals surface area (Å²) in [6.07, 6.45) is 3.04. The zero-order chi connectivity index (χ0) is 15.6. The minimum Gasteiger partial charge on any atom is -0.377 e. The molecule has 0 amide bonds. The van der Waals surface area contributed by atoms with Crippen LogP contribution in [0.3, 0.4) is 0 Å². The highest BCUT2D eigenvalue weighted by Crippen LogP contribution is 2.25. The second kappa shape index (κ2) is 6.50. The molecule has 1 atom stereocenters. The second-order valence-electron chi connectivity index (χ2n) is 5.82. The summed E-state index contributed by atoms with van der Waals surface area (Å²) < 4.78 is 36.9. The van der Waals surface area contributed by atoms with E-state index in [1.807, 2.05) is 5.38 Å². The predicted octanol–water partition coefficient (Wildman–Crippen LogP) is 0.00590. The SMILES string of the molecule is CS(=O)(=O)N1CCOCC2(CN(Cc3nccs3)CCO2)C1. The molecule has 1 unspecified atom stereocenters. The Hall–Kier alpha value is -0.580. The lowest BCUT2D eigenvalue weighted by atomic mass is 10.0. The lowest BCUT2D eigenvalue weighted by Crippen LogP contribution is -2.58. The Morgan fingerprint density at radius 1 is 1.36 bits per heavy atom. The summed E-state index contributed by atoms with van der Waals surface area (Å²) in [5, 5.41) is 3.03. The van der Waals surface area contributed by atoms with Crippen LogP contribution < -0.4 is 0 Å². The fourth-order valence-electron chi connectivity index (χ4n) is 2.92. The van der Waals surface area contributed by atoms with Crippen LogP contribution in [0.5, 0.6) is 0 Å². The molecule has 2 fully saturated rings. The van der Waals surface area contributed by atoms with Gasteiger partial charge >= 0.3 is 0 Å². The molecular weight excluding hydrogens is 326 g/mol. The van der Waals surface area contributed by atoms with Crippen LogP contribution in [0.1, 0.15) is 5.01 Å². The molecule has 0 bridgehead atoms. The standard InChI is InChI=1S/C13H21N3O4S2/c1-22(17,18)16-4-5-19-11-13(10-16)9-15(3-6-20-13)8-12-14-2-7-21-12/h2,7H,3-6,8-11H2,1H3. The third-order valence-electron chi connectivity index (χ3n) is 3.95. The number of aromatic nitrogens is 1. The molecule has 0 aromatic carbocycles. The third-order valence-corrected chi connectivity index (χ3v) is 5.97. The van der Waals surface area contributed by atoms with Crippen molar-refractivity contribution < 1.29 is 17.9 Å². The number of hydrogen-bond acceptors (Lipinski definition) is 7. The second-order valence-corrected chi connectivity index (χ2v) is 8.78. The Labute approximate surface area is 134 Å². The molecule has 2 aliphatic rings. The summed E-state index contributed by atoms with van der Waals surface area (Å²) in [7, 11) is -3.25. The molecule has 1 spiro atoms. The van der Waals surface area contributed by atoms with Gasteiger partial charge in [0, 0.05) is 37.8 Å². The largest absolute Gasteiger partial charge is 0.377 e. The van der Waals surface area contributed by atoms with Crippen molar-refractivity contribution in [3.8, 4) is 0 Å². The maximum Gasteiger partial charge on any atom is 0.211 e. The lowest BCUT2D eigenvalue weighted by Gasteiger charge is -2.42. The van der Waals surface area contributed by atoms with E-state index < -0.39 is 15.6 Å². The van der Waals surface area contributed by atoms with Crippen LogP contribution in [0.15, 0.2) is 11.6 Å². The summed E-state index contributed by atoms with van der Waals surface area (Å²) in [5.41, 5.74) is -0.588. The van der Waals surface area contributed by atoms with Gasteiger partial charge in [0.2, 0.25) is 10.0 Å². The molecule has 1 aromatic rings. The average Bonchev–Trinajstić information content (AvgIpc) is 2.86. The van der Waals surface area contributed by atoms with Gasteiger partial charge in [0.25, 0.3) is 0 Å². The Kier molecular flexibility index (Phi) is 4.81. The van der Waals surface area contributed by atoms with Crippen molar-refractivity contribution in [2.75, 3.05) is 52.3 Å². The molecule has 3 heterocycles. The van der Waals surface area contributed by atoms with E-state index in [9.17, 15) is 8.42 Å². The average molecular weight is 347 g/mol. The van der Waals surface area contributed by atoms with Crippen LogP contribution in [-0.4, -0.2) is 80.5 Å². The van der Waals surface area contributed by atoms with Gasteiger partial charge in [0.1, 0.15) is 10.6 Å². The van der Waals surface area contributed by atoms with Crippen LogP contribution in [0, 0.1) is 0 Å². The van der Waals surface area contributed by atoms with E-state index in [0.29, 0.717) is 39.5 Å². The minimum atomic E-state index is -3.25. The zero-order valence-corrected chi connectivity index (χ0v) is 14.2. The van der Waals surface area contributed by atoms with E-state index in [2.05, 4.69) is 9.88 Å². The van der Waals surface area contributed by atoms with Crippen LogP contribution in [0.4, 0.5) is 0 Å². The number of nitrogens with zero attached hydrogens (tertiary/aromatic N) is 3. The maximum absolute atomic E-state index is 11.9. The molecular formula is C13H21N3O4S2. The molecule has 0 aliphatic carbocycles. The topological polar surface area (TPSA) is 72.0 Å². The van der Waals surface area contributed by atoms with Gasteiger partial charge in [-0.2, -0.15) is 4.31 Å². The highest BCUT2D eigenvalue weighted by molar-refractivity contribution is 7.88. The summed E-state index contributed by atoms with van der Waals surface area (Å²) in [5.74, 6) is 0. The number of ether oxygens (including phenoxy) is 2. The van der Waals surface area contributed by atoms with Gasteiger partial charge in [-0.15, -0.1) is 11.3 Å². The molecule has 3 rings (SSSR count). The van der Waals surface area contributed by atoms with Crippen molar-refractivity contribution in [3.05, 3.63) is 16.6 Å². The van der Waals surface area contributed by atoms with Gasteiger partial charge in [0.05, 0.1) is 32.6 Å². The molecule has 0 saturated carbocycles. The molecule has 22 heavy (non-hydrogen) atoms. The normalized spacial score (nSPS) is 28.8. The van der Waals surface area contributed by atoms with Crippen molar-refractivity contribution in [1.82, 2.24) is 14.2 Å². The highest BCUT2D eigenvalue weighted by atomic mass is 32.2. The van der Waals surface area contributed by atoms with Gasteiger partial charge in [-0.3, -0.25) is 4.90 Å². The smallest absolute Gasteiger partial charge is 0.211 e. The summed E-state index contributed by atoms with van der Waals surface area (Å²) in [4.78, 5) is 6.58. The maximum atomic E-state index is 11.9. The number of thiazole rings is 1. The molecule has 2 aliphatic heterocycles. The van der Waals surface area contributed by atoms with Crippen LogP contribution >= 0.6 is 11.3 Å². The predicted molar refractivity (Wildman–Crippen MR) is 83.3 cm³/mol. The monoisotopic (exact) mass is 347 g/mol. The number of hydrogen-bond donors (Lipinski definition) is 0. The summed E-state index contributed by atoms with van der Waals surface area (Å²) in [6.45, 7) is 4.38. The van der Waals surface area contributed by atoms with Crippen LogP contribution in [-0.2, 0) is 26.0 Å². The van der Waals surface area contributed by atoms with Crippen molar-refractivity contribution in [2.45, 2.75) is 12.1 Å². The first-order valence-corrected chi connectivity index (χ1v) is 9.97. The lowest BCUT2D eigenvalue weighted by molar-refractivity contribution is -0.139. The van der Waals surface area contributed by atoms with Gasteiger partial charge in [-0.25, -0.2) is 13.4 Å². The van der Waals surface area contributed by atoms with Gasteiger partial charge < -0.3 is 9.47 Å². The first-order chi connectivity index (χ1) is 10.5. The van der Waals surface area contributed by atoms with Gasteiger partial charge in [0.15, 0.2) is 0 Å². The molecule has 0 radical (unpaired) electrons. The van der Waals surface area contributed by atoms with Crippen molar-refractivity contribution >= 4 is 21.4 Å². The number of sulfonamides is 1. The summed E-state index contributed by atoms with van der Waals surface area (Å²) >= 11 is 1.63. The van der Waals surface area contributed by atoms with Gasteiger partial charge in [-0.05, 0) is 0 Å². The molecule has 2 saturated heterocycles. The molecule has 7 nitrogen and oxygen atoms in total. The number of rotatable bonds is 3. The van der Waals surface area contributed by atoms with Crippen LogP contribution in [0.25, 0.3) is 0 Å². The molecule has 9 heteroatoms. The Morgan fingerprint density at radius 2 is 2.23 bits per heavy atom. The van der Waals surface area contributed by atoms with Crippen LogP contribution in [0.2, 0.25) is 0 Å². The highest BCUT2D eigenvalue weighted by Gasteiger charge is 2.42. The Bertz CT molecular complexity index is 592. The number of morpholine rings is 1. The quantitative estimate of drug-likeness (QED) is 0.767. The molecule has 124 valence electrons. The van der Waals surface area contributed by atoms with E-state index in [-0.39, 0.29) is 0 Å². The van der Waals surface area contributed by atoms with E-state index in [1.54, 1.807) is 17.5 Å². The van der Waals surface area contributed by atoms with Crippen molar-refractivity contribution in [2.24, 2.45) is 0 Å². The molecule has 0 N–H and O–H groups in total. The summed E-state index contributed by atoms with van der Waals surface area (Å²) in [6, 6.07) is 0.